The van der Waals surface area contributed by atoms with Crippen molar-refractivity contribution in [3.8, 4) is 5.75 Å². The van der Waals surface area contributed by atoms with E-state index in [4.69, 9.17) is 15.7 Å². The zero-order valence-corrected chi connectivity index (χ0v) is 11.8. The largest absolute Gasteiger partial charge is 0.496 e. The van der Waals surface area contributed by atoms with Gasteiger partial charge in [-0.15, -0.1) is 0 Å². The third-order valence-electron chi connectivity index (χ3n) is 3.03. The quantitative estimate of drug-likeness (QED) is 0.324. The van der Waals surface area contributed by atoms with E-state index in [-0.39, 0.29) is 5.84 Å². The monoisotopic (exact) mass is 286 g/mol. The van der Waals surface area contributed by atoms with E-state index in [9.17, 15) is 0 Å². The molecule has 0 radical (unpaired) electrons. The Morgan fingerprint density at radius 2 is 2.19 bits per heavy atom. The Balaban J connectivity index is 2.07. The number of ether oxygens (including phenoxy) is 1. The minimum atomic E-state index is 0.0728. The van der Waals surface area contributed by atoms with Crippen LogP contribution >= 0.6 is 0 Å². The van der Waals surface area contributed by atoms with Crippen LogP contribution in [0, 0.1) is 0 Å². The molecule has 0 spiro atoms. The highest BCUT2D eigenvalue weighted by molar-refractivity contribution is 5.97. The molecule has 0 saturated carbocycles. The molecule has 2 rings (SSSR count). The Labute approximate surface area is 123 Å². The van der Waals surface area contributed by atoms with E-state index in [0.29, 0.717) is 18.7 Å². The molecule has 6 nitrogen and oxygen atoms in total. The molecule has 0 bridgehead atoms. The first-order chi connectivity index (χ1) is 10.2. The molecule has 1 aromatic heterocycles. The van der Waals surface area contributed by atoms with Crippen molar-refractivity contribution in [2.24, 2.45) is 10.9 Å². The van der Waals surface area contributed by atoms with Crippen molar-refractivity contribution in [3.63, 3.8) is 0 Å². The number of pyridine rings is 1. The first-order valence-electron chi connectivity index (χ1n) is 6.50. The van der Waals surface area contributed by atoms with Crippen LogP contribution < -0.4 is 15.8 Å². The number of nitrogens with two attached hydrogens (primary N) is 1. The van der Waals surface area contributed by atoms with E-state index in [1.165, 1.54) is 0 Å². The minimum Gasteiger partial charge on any atom is -0.496 e. The van der Waals surface area contributed by atoms with Gasteiger partial charge in [0, 0.05) is 30.4 Å². The van der Waals surface area contributed by atoms with Crippen molar-refractivity contribution < 1.29 is 9.94 Å². The van der Waals surface area contributed by atoms with Gasteiger partial charge < -0.3 is 21.0 Å². The molecule has 6 heteroatoms. The van der Waals surface area contributed by atoms with Crippen molar-refractivity contribution in [2.75, 3.05) is 7.11 Å². The van der Waals surface area contributed by atoms with Gasteiger partial charge >= 0.3 is 0 Å². The average molecular weight is 286 g/mol. The van der Waals surface area contributed by atoms with Gasteiger partial charge in [-0.2, -0.15) is 0 Å². The fraction of sp³-hybridized carbons (Fsp3) is 0.200. The maximum absolute atomic E-state index is 8.74. The maximum atomic E-state index is 8.74. The summed E-state index contributed by atoms with van der Waals surface area (Å²) >= 11 is 0. The third-order valence-corrected chi connectivity index (χ3v) is 3.03. The number of nitrogens with zero attached hydrogens (tertiary/aromatic N) is 2. The second kappa shape index (κ2) is 7.25. The van der Waals surface area contributed by atoms with Crippen molar-refractivity contribution in [2.45, 2.75) is 13.1 Å². The van der Waals surface area contributed by atoms with Crippen molar-refractivity contribution in [1.29, 1.82) is 0 Å². The minimum absolute atomic E-state index is 0.0728. The van der Waals surface area contributed by atoms with Crippen LogP contribution in [-0.4, -0.2) is 23.1 Å². The second-order valence-corrected chi connectivity index (χ2v) is 4.44. The molecule has 1 heterocycles. The Bertz CT molecular complexity index is 614. The number of aromatic nitrogens is 1. The summed E-state index contributed by atoms with van der Waals surface area (Å²) in [6, 6.07) is 11.2. The van der Waals surface area contributed by atoms with E-state index < -0.39 is 0 Å². The van der Waals surface area contributed by atoms with Crippen LogP contribution in [-0.2, 0) is 13.1 Å². The summed E-state index contributed by atoms with van der Waals surface area (Å²) in [5.74, 6) is 0.821. The van der Waals surface area contributed by atoms with Gasteiger partial charge in [-0.1, -0.05) is 11.2 Å². The topological polar surface area (TPSA) is 92.8 Å². The summed E-state index contributed by atoms with van der Waals surface area (Å²) in [5, 5.41) is 15.0. The third kappa shape index (κ3) is 3.93. The standard InChI is InChI=1S/C15H18N4O2/c1-21-14-6-5-11(15(16)19-20)8-12(14)9-17-10-13-4-2-3-7-18-13/h2-8,17,20H,9-10H2,1H3,(H2,16,19). The summed E-state index contributed by atoms with van der Waals surface area (Å²) in [7, 11) is 1.61. The van der Waals surface area contributed by atoms with Crippen LogP contribution in [0.4, 0.5) is 0 Å². The summed E-state index contributed by atoms with van der Waals surface area (Å²) < 4.78 is 5.32. The lowest BCUT2D eigenvalue weighted by molar-refractivity contribution is 0.318. The molecule has 0 amide bonds. The first-order valence-corrected chi connectivity index (χ1v) is 6.50. The molecule has 0 atom stereocenters. The van der Waals surface area contributed by atoms with Gasteiger partial charge in [0.2, 0.25) is 0 Å². The Kier molecular flexibility index (Phi) is 5.11. The normalized spacial score (nSPS) is 11.4. The van der Waals surface area contributed by atoms with Crippen LogP contribution in [0.5, 0.6) is 5.75 Å². The van der Waals surface area contributed by atoms with E-state index in [2.05, 4.69) is 15.5 Å². The average Bonchev–Trinajstić information content (AvgIpc) is 2.55. The molecule has 0 aliphatic heterocycles. The van der Waals surface area contributed by atoms with E-state index in [1.54, 1.807) is 25.4 Å². The molecule has 4 N–H and O–H groups in total. The number of amidine groups is 1. The van der Waals surface area contributed by atoms with Crippen molar-refractivity contribution in [3.05, 3.63) is 59.4 Å². The highest BCUT2D eigenvalue weighted by Crippen LogP contribution is 2.19. The predicted octanol–water partition coefficient (Wildman–Crippen LogP) is 1.47. The Morgan fingerprint density at radius 1 is 1.33 bits per heavy atom. The van der Waals surface area contributed by atoms with Gasteiger partial charge in [0.05, 0.1) is 12.8 Å². The molecular weight excluding hydrogens is 268 g/mol. The zero-order chi connectivity index (χ0) is 15.1. The first kappa shape index (κ1) is 14.8. The zero-order valence-electron chi connectivity index (χ0n) is 11.8. The molecule has 2 aromatic rings. The number of rotatable bonds is 6. The van der Waals surface area contributed by atoms with Gasteiger partial charge in [0.25, 0.3) is 0 Å². The van der Waals surface area contributed by atoms with E-state index in [0.717, 1.165) is 17.0 Å². The SMILES string of the molecule is COc1ccc(/C(N)=N/O)cc1CNCc1ccccn1. The number of methoxy groups -OCH3 is 1. The number of oxime groups is 1. The van der Waals surface area contributed by atoms with Gasteiger partial charge in [0.1, 0.15) is 5.75 Å². The summed E-state index contributed by atoms with van der Waals surface area (Å²) in [5.41, 5.74) is 8.14. The predicted molar refractivity (Wildman–Crippen MR) is 80.3 cm³/mol. The van der Waals surface area contributed by atoms with Gasteiger partial charge in [-0.3, -0.25) is 4.98 Å². The Morgan fingerprint density at radius 3 is 2.86 bits per heavy atom. The number of hydrogen-bond acceptors (Lipinski definition) is 5. The number of nitrogens with one attached hydrogen (secondary N) is 1. The van der Waals surface area contributed by atoms with Crippen LogP contribution in [0.1, 0.15) is 16.8 Å². The van der Waals surface area contributed by atoms with E-state index in [1.807, 2.05) is 24.3 Å². The van der Waals surface area contributed by atoms with Gasteiger partial charge in [-0.05, 0) is 30.3 Å². The molecule has 0 saturated heterocycles. The van der Waals surface area contributed by atoms with Crippen LogP contribution in [0.3, 0.4) is 0 Å². The lowest BCUT2D eigenvalue weighted by Gasteiger charge is -2.11. The molecule has 0 aliphatic rings. The van der Waals surface area contributed by atoms with Crippen LogP contribution in [0.25, 0.3) is 0 Å². The molecular formula is C15H18N4O2. The van der Waals surface area contributed by atoms with Gasteiger partial charge in [0.15, 0.2) is 5.84 Å². The lowest BCUT2D eigenvalue weighted by Crippen LogP contribution is -2.17. The van der Waals surface area contributed by atoms with E-state index >= 15 is 0 Å². The highest BCUT2D eigenvalue weighted by Gasteiger charge is 2.07. The molecule has 110 valence electrons. The van der Waals surface area contributed by atoms with Crippen LogP contribution in [0.15, 0.2) is 47.8 Å². The summed E-state index contributed by atoms with van der Waals surface area (Å²) in [6.07, 6.45) is 1.76. The molecule has 0 fully saturated rings. The number of hydrogen-bond donors (Lipinski definition) is 3. The molecule has 0 aliphatic carbocycles. The summed E-state index contributed by atoms with van der Waals surface area (Å²) in [4.78, 5) is 4.25. The maximum Gasteiger partial charge on any atom is 0.170 e. The molecule has 21 heavy (non-hydrogen) atoms. The fourth-order valence-corrected chi connectivity index (χ4v) is 1.96. The molecule has 0 unspecified atom stereocenters. The smallest absolute Gasteiger partial charge is 0.170 e. The Hall–Kier alpha value is -2.60. The van der Waals surface area contributed by atoms with Gasteiger partial charge in [-0.25, -0.2) is 0 Å². The fourth-order valence-electron chi connectivity index (χ4n) is 1.96. The second-order valence-electron chi connectivity index (χ2n) is 4.44. The van der Waals surface area contributed by atoms with Crippen molar-refractivity contribution in [1.82, 2.24) is 10.3 Å². The molecule has 1 aromatic carbocycles. The number of benzene rings is 1. The summed E-state index contributed by atoms with van der Waals surface area (Å²) in [6.45, 7) is 1.24. The van der Waals surface area contributed by atoms with Crippen LogP contribution in [0.2, 0.25) is 0 Å². The van der Waals surface area contributed by atoms with Crippen molar-refractivity contribution >= 4 is 5.84 Å². The lowest BCUT2D eigenvalue weighted by atomic mass is 10.1. The highest BCUT2D eigenvalue weighted by atomic mass is 16.5.